The third kappa shape index (κ3) is 6.10. The fourth-order valence-corrected chi connectivity index (χ4v) is 4.08. The van der Waals surface area contributed by atoms with Crippen molar-refractivity contribution < 1.29 is 14.4 Å². The van der Waals surface area contributed by atoms with Crippen molar-refractivity contribution in [1.29, 1.82) is 0 Å². The van der Waals surface area contributed by atoms with Crippen LogP contribution < -0.4 is 0 Å². The first-order valence-corrected chi connectivity index (χ1v) is 11.3. The van der Waals surface area contributed by atoms with E-state index in [4.69, 9.17) is 21.2 Å². The lowest BCUT2D eigenvalue weighted by atomic mass is 9.75. The Morgan fingerprint density at radius 3 is 2.58 bits per heavy atom. The molecular weight excluding hydrogens is 410 g/mol. The van der Waals surface area contributed by atoms with Gasteiger partial charge in [0.25, 0.3) is 0 Å². The first-order chi connectivity index (χ1) is 14.8. The summed E-state index contributed by atoms with van der Waals surface area (Å²) in [6.07, 6.45) is 3.56. The highest BCUT2D eigenvalue weighted by molar-refractivity contribution is 6.31. The van der Waals surface area contributed by atoms with E-state index >= 15 is 0 Å². The molecule has 31 heavy (non-hydrogen) atoms. The van der Waals surface area contributed by atoms with Crippen LogP contribution in [0.3, 0.4) is 0 Å². The van der Waals surface area contributed by atoms with Crippen molar-refractivity contribution >= 4 is 23.3 Å². The normalized spacial score (nSPS) is 13.6. The molecule has 1 atom stereocenters. The van der Waals surface area contributed by atoms with E-state index in [2.05, 4.69) is 25.1 Å². The number of halogens is 1. The average Bonchev–Trinajstić information content (AvgIpc) is 2.77. The van der Waals surface area contributed by atoms with Crippen LogP contribution in [0.4, 0.5) is 0 Å². The highest BCUT2D eigenvalue weighted by atomic mass is 35.5. The van der Waals surface area contributed by atoms with E-state index in [1.807, 2.05) is 51.1 Å². The van der Waals surface area contributed by atoms with Gasteiger partial charge in [0.15, 0.2) is 0 Å². The number of methoxy groups -OCH3 is 1. The van der Waals surface area contributed by atoms with Crippen LogP contribution in [-0.2, 0) is 32.8 Å². The number of carbonyl (C=O) groups is 1. The molecular formula is C26H34ClNO3. The van der Waals surface area contributed by atoms with Crippen molar-refractivity contribution in [2.24, 2.45) is 5.16 Å². The Labute approximate surface area is 191 Å². The first-order valence-electron chi connectivity index (χ1n) is 10.9. The van der Waals surface area contributed by atoms with Gasteiger partial charge < -0.3 is 9.57 Å². The fraction of sp³-hybridized carbons (Fsp3) is 0.462. The van der Waals surface area contributed by atoms with E-state index in [0.29, 0.717) is 5.02 Å². The highest BCUT2D eigenvalue weighted by Crippen LogP contribution is 2.35. The predicted molar refractivity (Wildman–Crippen MR) is 128 cm³/mol. The molecule has 0 radical (unpaired) electrons. The number of nitrogens with zero attached hydrogens (tertiary/aromatic N) is 1. The number of rotatable bonds is 10. The second-order valence-corrected chi connectivity index (χ2v) is 8.62. The van der Waals surface area contributed by atoms with E-state index < -0.39 is 5.41 Å². The molecule has 0 saturated heterocycles. The summed E-state index contributed by atoms with van der Waals surface area (Å²) in [7, 11) is 1.45. The van der Waals surface area contributed by atoms with Crippen molar-refractivity contribution in [1.82, 2.24) is 0 Å². The van der Waals surface area contributed by atoms with Crippen LogP contribution >= 0.6 is 11.6 Å². The molecule has 4 nitrogen and oxygen atoms in total. The zero-order chi connectivity index (χ0) is 23.0. The van der Waals surface area contributed by atoms with E-state index in [1.165, 1.54) is 7.11 Å². The SMILES string of the molecule is CCCCC(C)(C(=O)OC)c1cccc(C)c1CO/N=C(\C)c1cc(Cl)cc(CC)c1. The van der Waals surface area contributed by atoms with Crippen LogP contribution in [-0.4, -0.2) is 18.8 Å². The maximum atomic E-state index is 12.8. The van der Waals surface area contributed by atoms with Crippen molar-refractivity contribution in [2.75, 3.05) is 7.11 Å². The number of hydrogen-bond donors (Lipinski definition) is 0. The van der Waals surface area contributed by atoms with Gasteiger partial charge in [-0.05, 0) is 74.1 Å². The summed E-state index contributed by atoms with van der Waals surface area (Å²) < 4.78 is 5.18. The monoisotopic (exact) mass is 443 g/mol. The summed E-state index contributed by atoms with van der Waals surface area (Å²) >= 11 is 6.24. The van der Waals surface area contributed by atoms with E-state index in [-0.39, 0.29) is 12.6 Å². The van der Waals surface area contributed by atoms with Gasteiger partial charge in [0.05, 0.1) is 18.2 Å². The molecule has 0 heterocycles. The third-order valence-corrected chi connectivity index (χ3v) is 6.08. The van der Waals surface area contributed by atoms with Gasteiger partial charge in [-0.1, -0.05) is 61.6 Å². The summed E-state index contributed by atoms with van der Waals surface area (Å²) in [5.41, 5.74) is 5.11. The lowest BCUT2D eigenvalue weighted by Gasteiger charge is -2.30. The molecule has 1 unspecified atom stereocenters. The smallest absolute Gasteiger partial charge is 0.316 e. The summed E-state index contributed by atoms with van der Waals surface area (Å²) in [6.45, 7) is 10.4. The molecule has 0 N–H and O–H groups in total. The number of esters is 1. The maximum Gasteiger partial charge on any atom is 0.316 e. The Balaban J connectivity index is 2.33. The molecule has 168 valence electrons. The topological polar surface area (TPSA) is 47.9 Å². The van der Waals surface area contributed by atoms with E-state index in [9.17, 15) is 4.79 Å². The fourth-order valence-electron chi connectivity index (χ4n) is 3.82. The average molecular weight is 444 g/mol. The number of oxime groups is 1. The first kappa shape index (κ1) is 24.9. The Morgan fingerprint density at radius 2 is 1.94 bits per heavy atom. The maximum absolute atomic E-state index is 12.8. The quantitative estimate of drug-likeness (QED) is 0.231. The van der Waals surface area contributed by atoms with Gasteiger partial charge in [0.1, 0.15) is 6.61 Å². The molecule has 2 rings (SSSR count). The number of aryl methyl sites for hydroxylation is 2. The van der Waals surface area contributed by atoms with Gasteiger partial charge in [-0.25, -0.2) is 0 Å². The van der Waals surface area contributed by atoms with Crippen LogP contribution in [0, 0.1) is 6.92 Å². The molecule has 0 spiro atoms. The Kier molecular flexibility index (Phi) is 9.12. The van der Waals surface area contributed by atoms with Crippen LogP contribution in [0.2, 0.25) is 5.02 Å². The van der Waals surface area contributed by atoms with E-state index in [1.54, 1.807) is 0 Å². The number of unbranched alkanes of at least 4 members (excludes halogenated alkanes) is 1. The number of carbonyl (C=O) groups excluding carboxylic acids is 1. The molecule has 0 saturated carbocycles. The summed E-state index contributed by atoms with van der Waals surface area (Å²) in [4.78, 5) is 18.5. The predicted octanol–water partition coefficient (Wildman–Crippen LogP) is 6.77. The van der Waals surface area contributed by atoms with Crippen molar-refractivity contribution in [2.45, 2.75) is 72.3 Å². The molecule has 2 aromatic rings. The number of hydrogen-bond acceptors (Lipinski definition) is 4. The lowest BCUT2D eigenvalue weighted by molar-refractivity contribution is -0.147. The largest absolute Gasteiger partial charge is 0.468 e. The standard InChI is InChI=1S/C26H34ClNO3/c1-7-9-13-26(5,25(29)30-6)24-12-10-11-18(3)23(24)17-31-28-19(4)21-14-20(8-2)15-22(27)16-21/h10-12,14-16H,7-9,13,17H2,1-6H3/b28-19+. The molecule has 0 amide bonds. The van der Waals surface area contributed by atoms with Gasteiger partial charge >= 0.3 is 5.97 Å². The summed E-state index contributed by atoms with van der Waals surface area (Å²) in [5, 5.41) is 5.03. The van der Waals surface area contributed by atoms with Crippen molar-refractivity contribution in [3.05, 3.63) is 69.2 Å². The zero-order valence-electron chi connectivity index (χ0n) is 19.5. The second kappa shape index (κ2) is 11.3. The molecule has 2 aromatic carbocycles. The van der Waals surface area contributed by atoms with Crippen LogP contribution in [0.25, 0.3) is 0 Å². The molecule has 0 aliphatic carbocycles. The van der Waals surface area contributed by atoms with Crippen LogP contribution in [0.1, 0.15) is 74.8 Å². The van der Waals surface area contributed by atoms with Crippen molar-refractivity contribution in [3.63, 3.8) is 0 Å². The number of benzene rings is 2. The summed E-state index contributed by atoms with van der Waals surface area (Å²) in [5.74, 6) is -0.224. The minimum atomic E-state index is -0.725. The highest BCUT2D eigenvalue weighted by Gasteiger charge is 2.37. The molecule has 0 bridgehead atoms. The minimum Gasteiger partial charge on any atom is -0.468 e. The number of ether oxygens (including phenoxy) is 1. The molecule has 0 aliphatic heterocycles. The van der Waals surface area contributed by atoms with Crippen LogP contribution in [0.15, 0.2) is 41.6 Å². The third-order valence-electron chi connectivity index (χ3n) is 5.86. The minimum absolute atomic E-state index is 0.224. The Bertz CT molecular complexity index is 938. The molecule has 0 aliphatic rings. The lowest BCUT2D eigenvalue weighted by Crippen LogP contribution is -2.35. The molecule has 0 fully saturated rings. The van der Waals surface area contributed by atoms with Crippen LogP contribution in [0.5, 0.6) is 0 Å². The van der Waals surface area contributed by atoms with Gasteiger partial charge in [-0.2, -0.15) is 0 Å². The van der Waals surface area contributed by atoms with Gasteiger partial charge in [0.2, 0.25) is 0 Å². The summed E-state index contributed by atoms with van der Waals surface area (Å²) in [6, 6.07) is 11.9. The van der Waals surface area contributed by atoms with Crippen molar-refractivity contribution in [3.8, 4) is 0 Å². The van der Waals surface area contributed by atoms with Gasteiger partial charge in [0, 0.05) is 10.6 Å². The second-order valence-electron chi connectivity index (χ2n) is 8.18. The van der Waals surface area contributed by atoms with E-state index in [0.717, 1.165) is 59.2 Å². The Morgan fingerprint density at radius 1 is 1.19 bits per heavy atom. The zero-order valence-corrected chi connectivity index (χ0v) is 20.3. The van der Waals surface area contributed by atoms with Gasteiger partial charge in [-0.15, -0.1) is 0 Å². The Hall–Kier alpha value is -2.33. The van der Waals surface area contributed by atoms with Gasteiger partial charge in [-0.3, -0.25) is 4.79 Å². The molecule has 0 aromatic heterocycles. The molecule has 5 heteroatoms.